The van der Waals surface area contributed by atoms with Crippen molar-refractivity contribution in [3.63, 3.8) is 0 Å². The van der Waals surface area contributed by atoms with Crippen molar-refractivity contribution in [2.24, 2.45) is 0 Å². The molecule has 0 fully saturated rings. The van der Waals surface area contributed by atoms with Gasteiger partial charge in [-0.3, -0.25) is 4.79 Å². The van der Waals surface area contributed by atoms with Crippen molar-refractivity contribution in [1.29, 1.82) is 0 Å². The van der Waals surface area contributed by atoms with Gasteiger partial charge < -0.3 is 15.4 Å². The molecule has 88 valence electrons. The largest absolute Gasteiger partial charge is 0.467 e. The molecule has 0 unspecified atom stereocenters. The zero-order valence-electron chi connectivity index (χ0n) is 10.0. The first-order valence-electron chi connectivity index (χ1n) is 4.88. The summed E-state index contributed by atoms with van der Waals surface area (Å²) in [6.07, 6.45) is 0. The molecule has 0 saturated carbocycles. The van der Waals surface area contributed by atoms with Crippen LogP contribution < -0.4 is 10.6 Å². The Balaban J connectivity index is 3.89. The number of carbonyl (C=O) groups is 2. The lowest BCUT2D eigenvalue weighted by Crippen LogP contribution is -2.47. The fraction of sp³-hybridized carbons (Fsp3) is 0.800. The molecule has 0 aliphatic heterocycles. The monoisotopic (exact) mass is 216 g/mol. The molecule has 0 saturated heterocycles. The van der Waals surface area contributed by atoms with E-state index in [1.54, 1.807) is 6.92 Å². The van der Waals surface area contributed by atoms with Gasteiger partial charge in [0.05, 0.1) is 13.7 Å². The van der Waals surface area contributed by atoms with Crippen molar-refractivity contribution < 1.29 is 14.3 Å². The molecule has 15 heavy (non-hydrogen) atoms. The van der Waals surface area contributed by atoms with Crippen LogP contribution in [0.2, 0.25) is 0 Å². The van der Waals surface area contributed by atoms with Crippen LogP contribution in [0.25, 0.3) is 0 Å². The van der Waals surface area contributed by atoms with Gasteiger partial charge in [0.15, 0.2) is 0 Å². The summed E-state index contributed by atoms with van der Waals surface area (Å²) < 4.78 is 4.48. The van der Waals surface area contributed by atoms with Gasteiger partial charge in [0, 0.05) is 5.54 Å². The number of hydrogen-bond acceptors (Lipinski definition) is 4. The second kappa shape index (κ2) is 5.70. The van der Waals surface area contributed by atoms with Crippen LogP contribution in [-0.2, 0) is 14.3 Å². The maximum atomic E-state index is 11.3. The minimum absolute atomic E-state index is 0.119. The number of amides is 1. The lowest BCUT2D eigenvalue weighted by Gasteiger charge is -2.20. The summed E-state index contributed by atoms with van der Waals surface area (Å²) in [5.41, 5.74) is -0.119. The summed E-state index contributed by atoms with van der Waals surface area (Å²) in [4.78, 5) is 22.3. The first-order chi connectivity index (χ1) is 6.76. The Morgan fingerprint density at radius 3 is 2.27 bits per heavy atom. The second-order valence-electron chi connectivity index (χ2n) is 4.42. The van der Waals surface area contributed by atoms with E-state index >= 15 is 0 Å². The quantitative estimate of drug-likeness (QED) is 0.652. The van der Waals surface area contributed by atoms with Gasteiger partial charge in [-0.05, 0) is 27.7 Å². The molecule has 0 bridgehead atoms. The maximum Gasteiger partial charge on any atom is 0.328 e. The predicted molar refractivity (Wildman–Crippen MR) is 57.4 cm³/mol. The van der Waals surface area contributed by atoms with E-state index in [9.17, 15) is 9.59 Å². The molecule has 2 N–H and O–H groups in total. The van der Waals surface area contributed by atoms with Gasteiger partial charge >= 0.3 is 5.97 Å². The van der Waals surface area contributed by atoms with Gasteiger partial charge in [-0.15, -0.1) is 0 Å². The van der Waals surface area contributed by atoms with Crippen LogP contribution in [0.3, 0.4) is 0 Å². The summed E-state index contributed by atoms with van der Waals surface area (Å²) in [5, 5.41) is 5.55. The average molecular weight is 216 g/mol. The Hall–Kier alpha value is -1.10. The summed E-state index contributed by atoms with van der Waals surface area (Å²) in [6, 6.07) is -0.607. The van der Waals surface area contributed by atoms with Gasteiger partial charge in [0.2, 0.25) is 5.91 Å². The van der Waals surface area contributed by atoms with Gasteiger partial charge in [-0.1, -0.05) is 0 Å². The SMILES string of the molecule is COC(=O)[C@H](C)NC(=O)CNC(C)(C)C. The second-order valence-corrected chi connectivity index (χ2v) is 4.42. The molecule has 0 rings (SSSR count). The first-order valence-corrected chi connectivity index (χ1v) is 4.88. The van der Waals surface area contributed by atoms with Crippen LogP contribution in [-0.4, -0.2) is 37.1 Å². The molecule has 1 atom stereocenters. The predicted octanol–water partition coefficient (Wildman–Crippen LogP) is 0.0522. The highest BCUT2D eigenvalue weighted by Crippen LogP contribution is 1.96. The van der Waals surface area contributed by atoms with E-state index in [1.165, 1.54) is 7.11 Å². The number of hydrogen-bond donors (Lipinski definition) is 2. The molecule has 0 aliphatic rings. The van der Waals surface area contributed by atoms with Crippen LogP contribution in [0.5, 0.6) is 0 Å². The molecule has 0 spiro atoms. The van der Waals surface area contributed by atoms with E-state index in [4.69, 9.17) is 0 Å². The highest BCUT2D eigenvalue weighted by Gasteiger charge is 2.17. The molecular weight excluding hydrogens is 196 g/mol. The van der Waals surface area contributed by atoms with E-state index in [1.807, 2.05) is 20.8 Å². The molecular formula is C10H20N2O3. The van der Waals surface area contributed by atoms with Crippen molar-refractivity contribution >= 4 is 11.9 Å². The van der Waals surface area contributed by atoms with Crippen molar-refractivity contribution in [2.45, 2.75) is 39.3 Å². The molecule has 0 aromatic rings. The third-order valence-electron chi connectivity index (χ3n) is 1.71. The minimum atomic E-state index is -0.607. The van der Waals surface area contributed by atoms with Crippen LogP contribution in [0.15, 0.2) is 0 Å². The number of methoxy groups -OCH3 is 1. The fourth-order valence-electron chi connectivity index (χ4n) is 0.874. The zero-order valence-corrected chi connectivity index (χ0v) is 10.0. The van der Waals surface area contributed by atoms with Crippen molar-refractivity contribution in [3.05, 3.63) is 0 Å². The Bertz CT molecular complexity index is 233. The van der Waals surface area contributed by atoms with E-state index in [0.717, 1.165) is 0 Å². The van der Waals surface area contributed by atoms with Crippen LogP contribution >= 0.6 is 0 Å². The van der Waals surface area contributed by atoms with Crippen LogP contribution in [0, 0.1) is 0 Å². The highest BCUT2D eigenvalue weighted by molar-refractivity contribution is 5.85. The molecule has 1 amide bonds. The minimum Gasteiger partial charge on any atom is -0.467 e. The van der Waals surface area contributed by atoms with E-state index in [0.29, 0.717) is 0 Å². The molecule has 0 radical (unpaired) electrons. The molecule has 0 aromatic carbocycles. The summed E-state index contributed by atoms with van der Waals surface area (Å²) in [6.45, 7) is 7.66. The topological polar surface area (TPSA) is 67.4 Å². The number of rotatable bonds is 4. The number of esters is 1. The highest BCUT2D eigenvalue weighted by atomic mass is 16.5. The summed E-state index contributed by atoms with van der Waals surface area (Å²) >= 11 is 0. The maximum absolute atomic E-state index is 11.3. The Labute approximate surface area is 90.6 Å². The fourth-order valence-corrected chi connectivity index (χ4v) is 0.874. The Kier molecular flexibility index (Phi) is 5.28. The number of ether oxygens (including phenoxy) is 1. The Morgan fingerprint density at radius 2 is 1.87 bits per heavy atom. The number of nitrogens with one attached hydrogen (secondary N) is 2. The van der Waals surface area contributed by atoms with E-state index < -0.39 is 12.0 Å². The average Bonchev–Trinajstić information content (AvgIpc) is 2.12. The summed E-state index contributed by atoms with van der Waals surface area (Å²) in [7, 11) is 1.29. The van der Waals surface area contributed by atoms with E-state index in [2.05, 4.69) is 15.4 Å². The molecule has 0 heterocycles. The number of carbonyl (C=O) groups excluding carboxylic acids is 2. The smallest absolute Gasteiger partial charge is 0.328 e. The lowest BCUT2D eigenvalue weighted by molar-refractivity contribution is -0.144. The van der Waals surface area contributed by atoms with Crippen LogP contribution in [0.4, 0.5) is 0 Å². The van der Waals surface area contributed by atoms with Gasteiger partial charge in [0.1, 0.15) is 6.04 Å². The molecule has 0 aromatic heterocycles. The van der Waals surface area contributed by atoms with E-state index in [-0.39, 0.29) is 18.0 Å². The van der Waals surface area contributed by atoms with Crippen LogP contribution in [0.1, 0.15) is 27.7 Å². The van der Waals surface area contributed by atoms with Crippen molar-refractivity contribution in [1.82, 2.24) is 10.6 Å². The van der Waals surface area contributed by atoms with Crippen molar-refractivity contribution in [2.75, 3.05) is 13.7 Å². The Morgan fingerprint density at radius 1 is 1.33 bits per heavy atom. The normalized spacial score (nSPS) is 13.1. The van der Waals surface area contributed by atoms with Gasteiger partial charge in [0.25, 0.3) is 0 Å². The van der Waals surface area contributed by atoms with Gasteiger partial charge in [-0.25, -0.2) is 4.79 Å². The molecule has 0 aliphatic carbocycles. The first kappa shape index (κ1) is 13.9. The molecule has 5 heteroatoms. The third kappa shape index (κ3) is 6.90. The van der Waals surface area contributed by atoms with Gasteiger partial charge in [-0.2, -0.15) is 0 Å². The summed E-state index contributed by atoms with van der Waals surface area (Å²) in [5.74, 6) is -0.665. The zero-order chi connectivity index (χ0) is 12.1. The van der Waals surface area contributed by atoms with Crippen molar-refractivity contribution in [3.8, 4) is 0 Å². The standard InChI is InChI=1S/C10H20N2O3/c1-7(9(14)15-5)12-8(13)6-11-10(2,3)4/h7,11H,6H2,1-5H3,(H,12,13)/t7-/m0/s1. The molecule has 5 nitrogen and oxygen atoms in total. The lowest BCUT2D eigenvalue weighted by atomic mass is 10.1. The third-order valence-corrected chi connectivity index (χ3v) is 1.71.